The number of methoxy groups -OCH3 is 1. The first-order valence-electron chi connectivity index (χ1n) is 6.99. The molecule has 108 valence electrons. The number of esters is 2. The molecule has 0 radical (unpaired) electrons. The van der Waals surface area contributed by atoms with E-state index in [4.69, 9.17) is 9.47 Å². The van der Waals surface area contributed by atoms with Gasteiger partial charge in [-0.2, -0.15) is 0 Å². The molecule has 1 aliphatic carbocycles. The normalized spacial score (nSPS) is 22.1. The molecule has 0 bridgehead atoms. The molecular formula is C16H20O4. The number of rotatable bonds is 4. The summed E-state index contributed by atoms with van der Waals surface area (Å²) in [6.07, 6.45) is 3.00. The minimum atomic E-state index is -0.217. The standard InChI is InChI=1S/C16H20O4/c1-19-15(17)13-8-5-9-14(10-13)16(18)20-11-12-6-3-2-4-7-12/h2-4,6-7,13-14H,5,8-11H2,1H3/t13-,14-/m0/s1. The predicted octanol–water partition coefficient (Wildman–Crippen LogP) is 2.71. The van der Waals surface area contributed by atoms with Crippen molar-refractivity contribution in [2.45, 2.75) is 32.3 Å². The van der Waals surface area contributed by atoms with Crippen LogP contribution in [0.3, 0.4) is 0 Å². The van der Waals surface area contributed by atoms with Crippen molar-refractivity contribution in [1.29, 1.82) is 0 Å². The Morgan fingerprint density at radius 1 is 1.10 bits per heavy atom. The van der Waals surface area contributed by atoms with Crippen LogP contribution in [-0.2, 0) is 25.7 Å². The molecule has 1 aromatic carbocycles. The Labute approximate surface area is 119 Å². The van der Waals surface area contributed by atoms with E-state index in [2.05, 4.69) is 0 Å². The SMILES string of the molecule is COC(=O)[C@H]1CCC[C@H](C(=O)OCc2ccccc2)C1. The second-order valence-electron chi connectivity index (χ2n) is 5.18. The van der Waals surface area contributed by atoms with E-state index in [9.17, 15) is 9.59 Å². The average molecular weight is 276 g/mol. The number of carbonyl (C=O) groups is 2. The van der Waals surface area contributed by atoms with Crippen LogP contribution in [0.15, 0.2) is 30.3 Å². The van der Waals surface area contributed by atoms with Crippen molar-refractivity contribution in [2.24, 2.45) is 11.8 Å². The van der Waals surface area contributed by atoms with Crippen LogP contribution < -0.4 is 0 Å². The van der Waals surface area contributed by atoms with Gasteiger partial charge in [0.25, 0.3) is 0 Å². The van der Waals surface area contributed by atoms with Gasteiger partial charge in [-0.15, -0.1) is 0 Å². The van der Waals surface area contributed by atoms with Gasteiger partial charge in [-0.1, -0.05) is 36.8 Å². The van der Waals surface area contributed by atoms with Crippen LogP contribution in [-0.4, -0.2) is 19.0 Å². The first-order chi connectivity index (χ1) is 9.70. The zero-order valence-electron chi connectivity index (χ0n) is 11.7. The summed E-state index contributed by atoms with van der Waals surface area (Å²) in [7, 11) is 1.39. The highest BCUT2D eigenvalue weighted by atomic mass is 16.5. The summed E-state index contributed by atoms with van der Waals surface area (Å²) in [4.78, 5) is 23.6. The van der Waals surface area contributed by atoms with Crippen molar-refractivity contribution >= 4 is 11.9 Å². The van der Waals surface area contributed by atoms with E-state index in [0.717, 1.165) is 24.8 Å². The molecule has 0 heterocycles. The van der Waals surface area contributed by atoms with Gasteiger partial charge in [-0.3, -0.25) is 9.59 Å². The number of hydrogen-bond donors (Lipinski definition) is 0. The maximum atomic E-state index is 12.1. The van der Waals surface area contributed by atoms with E-state index in [0.29, 0.717) is 13.0 Å². The van der Waals surface area contributed by atoms with Crippen LogP contribution in [0, 0.1) is 11.8 Å². The molecule has 2 atom stereocenters. The van der Waals surface area contributed by atoms with Crippen LogP contribution in [0.25, 0.3) is 0 Å². The lowest BCUT2D eigenvalue weighted by Gasteiger charge is -2.25. The highest BCUT2D eigenvalue weighted by Gasteiger charge is 2.32. The molecular weight excluding hydrogens is 256 g/mol. The third-order valence-corrected chi connectivity index (χ3v) is 3.77. The van der Waals surface area contributed by atoms with Crippen LogP contribution >= 0.6 is 0 Å². The maximum absolute atomic E-state index is 12.1. The second-order valence-corrected chi connectivity index (χ2v) is 5.18. The summed E-state index contributed by atoms with van der Waals surface area (Å²) in [6.45, 7) is 0.291. The van der Waals surface area contributed by atoms with E-state index < -0.39 is 0 Å². The van der Waals surface area contributed by atoms with Gasteiger partial charge in [0.1, 0.15) is 6.61 Å². The maximum Gasteiger partial charge on any atom is 0.309 e. The van der Waals surface area contributed by atoms with Gasteiger partial charge < -0.3 is 9.47 Å². The van der Waals surface area contributed by atoms with Crippen molar-refractivity contribution in [2.75, 3.05) is 7.11 Å². The van der Waals surface area contributed by atoms with Gasteiger partial charge in [0, 0.05) is 0 Å². The predicted molar refractivity (Wildman–Crippen MR) is 73.7 cm³/mol. The van der Waals surface area contributed by atoms with Gasteiger partial charge in [-0.05, 0) is 24.8 Å². The van der Waals surface area contributed by atoms with Crippen molar-refractivity contribution < 1.29 is 19.1 Å². The van der Waals surface area contributed by atoms with E-state index in [-0.39, 0.29) is 23.8 Å². The minimum absolute atomic E-state index is 0.164. The molecule has 0 unspecified atom stereocenters. The van der Waals surface area contributed by atoms with E-state index in [1.807, 2.05) is 30.3 Å². The number of hydrogen-bond acceptors (Lipinski definition) is 4. The van der Waals surface area contributed by atoms with Crippen LogP contribution in [0.1, 0.15) is 31.2 Å². The smallest absolute Gasteiger partial charge is 0.309 e. The lowest BCUT2D eigenvalue weighted by Crippen LogP contribution is -2.29. The van der Waals surface area contributed by atoms with E-state index in [1.165, 1.54) is 7.11 Å². The average Bonchev–Trinajstić information content (AvgIpc) is 2.53. The Kier molecular flexibility index (Phi) is 5.16. The Balaban J connectivity index is 1.84. The molecule has 4 nitrogen and oxygen atoms in total. The van der Waals surface area contributed by atoms with E-state index in [1.54, 1.807) is 0 Å². The van der Waals surface area contributed by atoms with Crippen molar-refractivity contribution in [3.05, 3.63) is 35.9 Å². The number of benzene rings is 1. The summed E-state index contributed by atoms with van der Waals surface area (Å²) in [6, 6.07) is 9.60. The summed E-state index contributed by atoms with van der Waals surface area (Å²) in [5, 5.41) is 0. The first-order valence-corrected chi connectivity index (χ1v) is 6.99. The van der Waals surface area contributed by atoms with Crippen molar-refractivity contribution in [3.63, 3.8) is 0 Å². The third kappa shape index (κ3) is 3.83. The fraction of sp³-hybridized carbons (Fsp3) is 0.500. The lowest BCUT2D eigenvalue weighted by molar-refractivity contribution is -0.154. The molecule has 0 spiro atoms. The van der Waals surface area contributed by atoms with E-state index >= 15 is 0 Å². The fourth-order valence-corrected chi connectivity index (χ4v) is 2.63. The monoisotopic (exact) mass is 276 g/mol. The second kappa shape index (κ2) is 7.08. The molecule has 0 aliphatic heterocycles. The fourth-order valence-electron chi connectivity index (χ4n) is 2.63. The molecule has 20 heavy (non-hydrogen) atoms. The summed E-state index contributed by atoms with van der Waals surface area (Å²) in [5.74, 6) is -0.771. The molecule has 1 fully saturated rings. The molecule has 0 amide bonds. The Bertz CT molecular complexity index is 455. The van der Waals surface area contributed by atoms with Crippen LogP contribution in [0.5, 0.6) is 0 Å². The highest BCUT2D eigenvalue weighted by molar-refractivity contribution is 5.76. The quantitative estimate of drug-likeness (QED) is 0.793. The van der Waals surface area contributed by atoms with Gasteiger partial charge in [-0.25, -0.2) is 0 Å². The van der Waals surface area contributed by atoms with Gasteiger partial charge in [0.05, 0.1) is 18.9 Å². The first kappa shape index (κ1) is 14.6. The Morgan fingerprint density at radius 3 is 2.40 bits per heavy atom. The van der Waals surface area contributed by atoms with Crippen LogP contribution in [0.2, 0.25) is 0 Å². The molecule has 1 aliphatic rings. The van der Waals surface area contributed by atoms with Crippen molar-refractivity contribution in [1.82, 2.24) is 0 Å². The molecule has 2 rings (SSSR count). The molecule has 0 aromatic heterocycles. The Hall–Kier alpha value is -1.84. The van der Waals surface area contributed by atoms with Gasteiger partial charge >= 0.3 is 11.9 Å². The third-order valence-electron chi connectivity index (χ3n) is 3.77. The summed E-state index contributed by atoms with van der Waals surface area (Å²) in [5.41, 5.74) is 0.973. The number of ether oxygens (including phenoxy) is 2. The molecule has 1 aromatic rings. The molecule has 0 saturated heterocycles. The zero-order valence-corrected chi connectivity index (χ0v) is 11.7. The summed E-state index contributed by atoms with van der Waals surface area (Å²) >= 11 is 0. The van der Waals surface area contributed by atoms with Crippen LogP contribution in [0.4, 0.5) is 0 Å². The molecule has 0 N–H and O–H groups in total. The zero-order chi connectivity index (χ0) is 14.4. The molecule has 4 heteroatoms. The lowest BCUT2D eigenvalue weighted by atomic mass is 9.81. The highest BCUT2D eigenvalue weighted by Crippen LogP contribution is 2.30. The molecule has 1 saturated carbocycles. The van der Waals surface area contributed by atoms with Crippen molar-refractivity contribution in [3.8, 4) is 0 Å². The largest absolute Gasteiger partial charge is 0.469 e. The Morgan fingerprint density at radius 2 is 1.75 bits per heavy atom. The van der Waals surface area contributed by atoms with Gasteiger partial charge in [0.15, 0.2) is 0 Å². The number of carbonyl (C=O) groups excluding carboxylic acids is 2. The topological polar surface area (TPSA) is 52.6 Å². The summed E-state index contributed by atoms with van der Waals surface area (Å²) < 4.78 is 10.1. The minimum Gasteiger partial charge on any atom is -0.469 e. The van der Waals surface area contributed by atoms with Gasteiger partial charge in [0.2, 0.25) is 0 Å².